The minimum Gasteiger partial charge on any atom is -0.317 e. The molecule has 0 saturated heterocycles. The summed E-state index contributed by atoms with van der Waals surface area (Å²) < 4.78 is 129. The minimum absolute atomic E-state index is 0. The average Bonchev–Trinajstić information content (AvgIpc) is 2.07. The molecule has 0 aliphatic heterocycles. The Balaban J connectivity index is 0. The van der Waals surface area contributed by atoms with Crippen molar-refractivity contribution in [3.63, 3.8) is 0 Å². The Morgan fingerprint density at radius 3 is 1.26 bits per heavy atom. The molecule has 0 saturated carbocycles. The number of allylic oxidation sites excluding steroid dienone is 4. The molecule has 0 radical (unpaired) electrons. The van der Waals surface area contributed by atoms with Gasteiger partial charge in [0.15, 0.2) is 5.83 Å². The summed E-state index contributed by atoms with van der Waals surface area (Å²) in [4.78, 5) is 0. The third-order valence-corrected chi connectivity index (χ3v) is 1.21. The van der Waals surface area contributed by atoms with Crippen molar-refractivity contribution < 1.29 is 65.4 Å². The van der Waals surface area contributed by atoms with Crippen molar-refractivity contribution in [1.29, 1.82) is 0 Å². The first-order valence-corrected chi connectivity index (χ1v) is 3.58. The maximum atomic E-state index is 12.4. The van der Waals surface area contributed by atoms with Gasteiger partial charge in [0.2, 0.25) is 0 Å². The number of alkyl halides is 9. The van der Waals surface area contributed by atoms with Crippen LogP contribution < -0.4 is 0 Å². The monoisotopic (exact) mass is 356 g/mol. The molecule has 12 heteroatoms. The second kappa shape index (κ2) is 6.12. The molecule has 0 amide bonds. The van der Waals surface area contributed by atoms with Gasteiger partial charge in [0, 0.05) is 5.83 Å². The summed E-state index contributed by atoms with van der Waals surface area (Å²) >= 11 is 0. The molecule has 0 aliphatic carbocycles. The van der Waals surface area contributed by atoms with Gasteiger partial charge in [-0.1, -0.05) is 5.57 Å². The van der Waals surface area contributed by atoms with E-state index in [4.69, 9.17) is 0 Å². The van der Waals surface area contributed by atoms with Crippen LogP contribution in [0.15, 0.2) is 17.2 Å². The van der Waals surface area contributed by atoms with E-state index in [1.165, 1.54) is 0 Å². The summed E-state index contributed by atoms with van der Waals surface area (Å²) in [7, 11) is 0. The van der Waals surface area contributed by atoms with Crippen molar-refractivity contribution in [2.45, 2.75) is 18.5 Å². The third kappa shape index (κ3) is 6.81. The fraction of sp³-hybridized carbons (Fsp3) is 0.429. The predicted molar refractivity (Wildman–Crippen MR) is 34.2 cm³/mol. The van der Waals surface area contributed by atoms with Crippen molar-refractivity contribution in [3.05, 3.63) is 23.3 Å². The zero-order valence-corrected chi connectivity index (χ0v) is 8.90. The summed E-state index contributed by atoms with van der Waals surface area (Å²) in [6.45, 7) is 0. The van der Waals surface area contributed by atoms with Crippen molar-refractivity contribution in [2.24, 2.45) is 0 Å². The number of halogens is 11. The molecule has 0 fully saturated rings. The molecule has 0 bridgehead atoms. The molecule has 0 aliphatic rings. The Kier molecular flexibility index (Phi) is 6.62. The Labute approximate surface area is 108 Å². The van der Waals surface area contributed by atoms with Crippen LogP contribution in [0.4, 0.5) is 48.3 Å². The van der Waals surface area contributed by atoms with Gasteiger partial charge in [-0.25, -0.2) is 4.39 Å². The maximum absolute atomic E-state index is 12.4. The Hall–Kier alpha value is -0.771. The van der Waals surface area contributed by atoms with Crippen LogP contribution in [0.2, 0.25) is 0 Å². The van der Waals surface area contributed by atoms with Gasteiger partial charge in [-0.2, -0.15) is 45.6 Å². The quantitative estimate of drug-likeness (QED) is 0.280. The number of hydrogen-bond donors (Lipinski definition) is 0. The van der Waals surface area contributed by atoms with E-state index in [0.29, 0.717) is 0 Å². The fourth-order valence-electron chi connectivity index (χ4n) is 0.626. The number of rotatable bonds is 1. The van der Waals surface area contributed by atoms with Gasteiger partial charge >= 0.3 is 35.6 Å². The van der Waals surface area contributed by atoms with Crippen molar-refractivity contribution >= 4 is 0 Å². The summed E-state index contributed by atoms with van der Waals surface area (Å²) in [5, 5.41) is 0. The molecule has 19 heavy (non-hydrogen) atoms. The van der Waals surface area contributed by atoms with Crippen LogP contribution in [0.3, 0.4) is 0 Å². The topological polar surface area (TPSA) is 0 Å². The van der Waals surface area contributed by atoms with Crippen molar-refractivity contribution in [1.82, 2.24) is 0 Å². The van der Waals surface area contributed by atoms with Gasteiger partial charge in [0.05, 0.1) is 0 Å². The first-order valence-electron chi connectivity index (χ1n) is 3.58. The Bertz CT molecular complexity index is 366. The van der Waals surface area contributed by atoms with E-state index in [1.807, 2.05) is 0 Å². The predicted octanol–water partition coefficient (Wildman–Crippen LogP) is 4.55. The first kappa shape index (κ1) is 20.5. The molecule has 0 heterocycles. The summed E-state index contributed by atoms with van der Waals surface area (Å²) in [6, 6.07) is 0. The van der Waals surface area contributed by atoms with Crippen LogP contribution in [-0.2, 0) is 17.1 Å². The molecular weight excluding hydrogens is 357 g/mol. The first-order chi connectivity index (χ1) is 7.66. The molecule has 0 atom stereocenters. The normalized spacial score (nSPS) is 15.8. The summed E-state index contributed by atoms with van der Waals surface area (Å²) in [5.74, 6) is -7.65. The summed E-state index contributed by atoms with van der Waals surface area (Å²) in [5.41, 5.74) is -3.52. The zero-order valence-electron chi connectivity index (χ0n) is 7.96. The average molecular weight is 357 g/mol. The third-order valence-electron chi connectivity index (χ3n) is 1.21. The minimum atomic E-state index is -6.19. The molecule has 0 rings (SSSR count). The smallest absolute Gasteiger partial charge is 0.317 e. The van der Waals surface area contributed by atoms with Gasteiger partial charge in [-0.3, -0.25) is 0 Å². The second-order valence-corrected chi connectivity index (χ2v) is 2.62. The van der Waals surface area contributed by atoms with Crippen LogP contribution in [0.25, 0.3) is 0 Å². The van der Waals surface area contributed by atoms with E-state index >= 15 is 0 Å². The van der Waals surface area contributed by atoms with Crippen molar-refractivity contribution in [3.8, 4) is 0 Å². The van der Waals surface area contributed by atoms with Gasteiger partial charge in [0.1, 0.15) is 0 Å². The Morgan fingerprint density at radius 1 is 0.684 bits per heavy atom. The molecule has 0 aromatic rings. The standard InChI is InChI=1S/C7F11.Cu/c8-3(4(9)7(16,17)18)2(6(13,14)15)1-5(10,11)12;/q-1;+1/b4-3+;. The van der Waals surface area contributed by atoms with Crippen LogP contribution >= 0.6 is 0 Å². The SMILES string of the molecule is F/C(C(=[C-]C(F)(F)F)C(F)(F)F)=C(/F)C(F)(F)F.[Cu+]. The van der Waals surface area contributed by atoms with Crippen LogP contribution in [0.5, 0.6) is 0 Å². The molecule has 0 spiro atoms. The summed E-state index contributed by atoms with van der Waals surface area (Å²) in [6.07, 6.45) is -18.8. The fourth-order valence-corrected chi connectivity index (χ4v) is 0.626. The van der Waals surface area contributed by atoms with E-state index in [2.05, 4.69) is 0 Å². The number of hydrogen-bond acceptors (Lipinski definition) is 0. The van der Waals surface area contributed by atoms with E-state index in [0.717, 1.165) is 0 Å². The molecule has 0 aromatic heterocycles. The van der Waals surface area contributed by atoms with Crippen molar-refractivity contribution in [2.75, 3.05) is 0 Å². The largest absolute Gasteiger partial charge is 1.00 e. The zero-order chi connectivity index (χ0) is 14.9. The Morgan fingerprint density at radius 2 is 1.05 bits per heavy atom. The van der Waals surface area contributed by atoms with E-state index in [1.54, 1.807) is 0 Å². The maximum Gasteiger partial charge on any atom is 1.00 e. The molecule has 0 aromatic carbocycles. The van der Waals surface area contributed by atoms with Crippen LogP contribution in [0.1, 0.15) is 0 Å². The second-order valence-electron chi connectivity index (χ2n) is 2.62. The molecular formula is C7CuF11. The van der Waals surface area contributed by atoms with Gasteiger partial charge in [0.25, 0.3) is 0 Å². The van der Waals surface area contributed by atoms with Gasteiger partial charge in [-0.15, -0.1) is 0 Å². The van der Waals surface area contributed by atoms with Crippen LogP contribution in [-0.4, -0.2) is 18.5 Å². The molecule has 0 nitrogen and oxygen atoms in total. The van der Waals surface area contributed by atoms with Gasteiger partial charge in [-0.05, 0) is 0 Å². The van der Waals surface area contributed by atoms with Gasteiger partial charge < -0.3 is 4.39 Å². The molecule has 0 N–H and O–H groups in total. The van der Waals surface area contributed by atoms with E-state index < -0.39 is 41.8 Å². The molecule has 0 unspecified atom stereocenters. The molecule has 116 valence electrons. The van der Waals surface area contributed by atoms with E-state index in [9.17, 15) is 48.3 Å². The van der Waals surface area contributed by atoms with E-state index in [-0.39, 0.29) is 17.1 Å². The van der Waals surface area contributed by atoms with Crippen LogP contribution in [0, 0.1) is 6.08 Å².